The van der Waals surface area contributed by atoms with Crippen LogP contribution in [0.15, 0.2) is 18.2 Å². The number of carbonyl (C=O) groups excluding carboxylic acids is 2. The molecule has 1 fully saturated rings. The molecule has 0 saturated heterocycles. The van der Waals surface area contributed by atoms with Crippen LogP contribution >= 0.6 is 11.3 Å². The van der Waals surface area contributed by atoms with Crippen LogP contribution in [0.5, 0.6) is 5.75 Å². The summed E-state index contributed by atoms with van der Waals surface area (Å²) in [6.45, 7) is 6.13. The number of ether oxygens (including phenoxy) is 1. The van der Waals surface area contributed by atoms with Gasteiger partial charge in [-0.3, -0.25) is 9.59 Å². The second kappa shape index (κ2) is 8.53. The summed E-state index contributed by atoms with van der Waals surface area (Å²) in [7, 11) is 0. The molecule has 0 atom stereocenters. The van der Waals surface area contributed by atoms with Crippen molar-refractivity contribution in [3.63, 3.8) is 0 Å². The van der Waals surface area contributed by atoms with Crippen molar-refractivity contribution in [2.24, 2.45) is 5.92 Å². The Hall–Kier alpha value is -2.41. The average molecular weight is 414 g/mol. The van der Waals surface area contributed by atoms with Crippen LogP contribution in [-0.2, 0) is 17.8 Å². The molecule has 29 heavy (non-hydrogen) atoms. The van der Waals surface area contributed by atoms with Crippen LogP contribution in [0.3, 0.4) is 0 Å². The lowest BCUT2D eigenvalue weighted by atomic mass is 10.0. The number of rotatable bonds is 6. The standard InChI is InChI=1S/C22H27N3O3S/c1-14-21(29-15(2)24-14)22(27)25-9-10-28-19-7-5-16(11-18(19)13-25)6-8-20(26)23-12-17-3-4-17/h5,7,11,17H,3-4,6,8-10,12-13H2,1-2H3,(H,23,26). The number of nitrogens with zero attached hydrogens (tertiary/aromatic N) is 2. The van der Waals surface area contributed by atoms with Gasteiger partial charge >= 0.3 is 0 Å². The summed E-state index contributed by atoms with van der Waals surface area (Å²) in [5.41, 5.74) is 2.87. The van der Waals surface area contributed by atoms with Crippen LogP contribution in [0.25, 0.3) is 0 Å². The van der Waals surface area contributed by atoms with Gasteiger partial charge in [0.2, 0.25) is 5.91 Å². The fourth-order valence-electron chi connectivity index (χ4n) is 3.58. The Bertz CT molecular complexity index is 920. The third-order valence-corrected chi connectivity index (χ3v) is 6.48. The molecule has 2 heterocycles. The molecular formula is C22H27N3O3S. The van der Waals surface area contributed by atoms with Crippen molar-refractivity contribution in [1.29, 1.82) is 0 Å². The molecule has 1 aliphatic heterocycles. The van der Waals surface area contributed by atoms with Gasteiger partial charge in [0.05, 0.1) is 17.2 Å². The van der Waals surface area contributed by atoms with Gasteiger partial charge in [0.15, 0.2) is 0 Å². The van der Waals surface area contributed by atoms with Crippen molar-refractivity contribution in [2.75, 3.05) is 19.7 Å². The summed E-state index contributed by atoms with van der Waals surface area (Å²) in [5, 5.41) is 3.92. The van der Waals surface area contributed by atoms with E-state index < -0.39 is 0 Å². The maximum atomic E-state index is 13.0. The minimum Gasteiger partial charge on any atom is -0.491 e. The Morgan fingerprint density at radius 2 is 2.14 bits per heavy atom. The van der Waals surface area contributed by atoms with Crippen molar-refractivity contribution in [3.8, 4) is 5.75 Å². The van der Waals surface area contributed by atoms with E-state index in [1.807, 2.05) is 30.9 Å². The molecule has 1 aromatic carbocycles. The molecule has 1 aliphatic carbocycles. The van der Waals surface area contributed by atoms with Crippen molar-refractivity contribution < 1.29 is 14.3 Å². The number of carbonyl (C=O) groups is 2. The van der Waals surface area contributed by atoms with E-state index in [0.29, 0.717) is 43.3 Å². The summed E-state index contributed by atoms with van der Waals surface area (Å²) in [4.78, 5) is 32.0. The summed E-state index contributed by atoms with van der Waals surface area (Å²) in [6.07, 6.45) is 3.64. The number of nitrogens with one attached hydrogen (secondary N) is 1. The third-order valence-electron chi connectivity index (χ3n) is 5.42. The molecule has 2 amide bonds. The molecule has 7 heteroatoms. The van der Waals surface area contributed by atoms with Crippen LogP contribution < -0.4 is 10.1 Å². The van der Waals surface area contributed by atoms with Gasteiger partial charge in [0.1, 0.15) is 17.2 Å². The maximum absolute atomic E-state index is 13.0. The molecule has 2 aromatic rings. The highest BCUT2D eigenvalue weighted by Gasteiger charge is 2.25. The Morgan fingerprint density at radius 1 is 1.31 bits per heavy atom. The van der Waals surface area contributed by atoms with E-state index in [4.69, 9.17) is 4.74 Å². The van der Waals surface area contributed by atoms with Crippen LogP contribution in [0, 0.1) is 19.8 Å². The van der Waals surface area contributed by atoms with Crippen molar-refractivity contribution in [2.45, 2.75) is 46.1 Å². The van der Waals surface area contributed by atoms with Gasteiger partial charge in [0, 0.05) is 25.1 Å². The normalized spacial score (nSPS) is 16.0. The largest absolute Gasteiger partial charge is 0.491 e. The zero-order valence-electron chi connectivity index (χ0n) is 17.0. The molecule has 154 valence electrons. The first kappa shape index (κ1) is 19.9. The molecule has 2 aliphatic rings. The van der Waals surface area contributed by atoms with Gasteiger partial charge < -0.3 is 15.0 Å². The Labute approximate surface area is 175 Å². The monoisotopic (exact) mass is 413 g/mol. The van der Waals surface area contributed by atoms with Gasteiger partial charge in [-0.2, -0.15) is 0 Å². The second-order valence-electron chi connectivity index (χ2n) is 7.91. The van der Waals surface area contributed by atoms with Crippen molar-refractivity contribution >= 4 is 23.2 Å². The second-order valence-corrected chi connectivity index (χ2v) is 9.12. The van der Waals surface area contributed by atoms with Crippen LogP contribution in [0.1, 0.15) is 50.8 Å². The summed E-state index contributed by atoms with van der Waals surface area (Å²) in [5.74, 6) is 1.63. The smallest absolute Gasteiger partial charge is 0.266 e. The number of fused-ring (bicyclic) bond motifs is 1. The Balaban J connectivity index is 1.42. The van der Waals surface area contributed by atoms with E-state index in [1.54, 1.807) is 0 Å². The number of thiazole rings is 1. The SMILES string of the molecule is Cc1nc(C)c(C(=O)N2CCOc3ccc(CCC(=O)NCC4CC4)cc3C2)s1. The maximum Gasteiger partial charge on any atom is 0.266 e. The summed E-state index contributed by atoms with van der Waals surface area (Å²) in [6, 6.07) is 6.05. The van der Waals surface area contributed by atoms with E-state index in [-0.39, 0.29) is 11.8 Å². The van der Waals surface area contributed by atoms with E-state index in [1.165, 1.54) is 24.2 Å². The summed E-state index contributed by atoms with van der Waals surface area (Å²) < 4.78 is 5.87. The zero-order valence-corrected chi connectivity index (χ0v) is 17.8. The minimum atomic E-state index is 0.00871. The summed E-state index contributed by atoms with van der Waals surface area (Å²) >= 11 is 1.44. The average Bonchev–Trinajstić information content (AvgIpc) is 3.49. The molecular weight excluding hydrogens is 386 g/mol. The van der Waals surface area contributed by atoms with Crippen molar-refractivity contribution in [1.82, 2.24) is 15.2 Å². The lowest BCUT2D eigenvalue weighted by Gasteiger charge is -2.19. The number of hydrogen-bond donors (Lipinski definition) is 1. The van der Waals surface area contributed by atoms with Gasteiger partial charge in [-0.25, -0.2) is 4.98 Å². The third kappa shape index (κ3) is 4.96. The van der Waals surface area contributed by atoms with Crippen LogP contribution in [-0.4, -0.2) is 41.4 Å². The Kier molecular flexibility index (Phi) is 5.85. The lowest BCUT2D eigenvalue weighted by Crippen LogP contribution is -2.32. The van der Waals surface area contributed by atoms with Gasteiger partial charge in [0.25, 0.3) is 5.91 Å². The van der Waals surface area contributed by atoms with Crippen molar-refractivity contribution in [3.05, 3.63) is 44.9 Å². The number of amides is 2. The van der Waals surface area contributed by atoms with E-state index in [2.05, 4.69) is 16.4 Å². The molecule has 4 rings (SSSR count). The van der Waals surface area contributed by atoms with Crippen LogP contribution in [0.4, 0.5) is 0 Å². The first-order valence-corrected chi connectivity index (χ1v) is 11.1. The first-order valence-electron chi connectivity index (χ1n) is 10.2. The predicted molar refractivity (Wildman–Crippen MR) is 112 cm³/mol. The molecule has 0 spiro atoms. The molecule has 0 radical (unpaired) electrons. The first-order chi connectivity index (χ1) is 14.0. The highest BCUT2D eigenvalue weighted by Crippen LogP contribution is 2.28. The number of aryl methyl sites for hydroxylation is 3. The topological polar surface area (TPSA) is 71.5 Å². The van der Waals surface area contributed by atoms with Crippen LogP contribution in [0.2, 0.25) is 0 Å². The minimum absolute atomic E-state index is 0.00871. The highest BCUT2D eigenvalue weighted by molar-refractivity contribution is 7.13. The molecule has 1 aromatic heterocycles. The highest BCUT2D eigenvalue weighted by atomic mass is 32.1. The van der Waals surface area contributed by atoms with Gasteiger partial charge in [-0.1, -0.05) is 12.1 Å². The van der Waals surface area contributed by atoms with E-state index in [9.17, 15) is 9.59 Å². The Morgan fingerprint density at radius 3 is 2.86 bits per heavy atom. The lowest BCUT2D eigenvalue weighted by molar-refractivity contribution is -0.121. The molecule has 0 bridgehead atoms. The molecule has 0 unspecified atom stereocenters. The molecule has 1 saturated carbocycles. The number of aromatic nitrogens is 1. The predicted octanol–water partition coefficient (Wildman–Crippen LogP) is 3.25. The quantitative estimate of drug-likeness (QED) is 0.789. The zero-order chi connectivity index (χ0) is 20.4. The molecule has 6 nitrogen and oxygen atoms in total. The van der Waals surface area contributed by atoms with Gasteiger partial charge in [-0.05, 0) is 50.7 Å². The number of benzene rings is 1. The van der Waals surface area contributed by atoms with E-state index >= 15 is 0 Å². The molecule has 1 N–H and O–H groups in total. The van der Waals surface area contributed by atoms with Gasteiger partial charge in [-0.15, -0.1) is 11.3 Å². The fourth-order valence-corrected chi connectivity index (χ4v) is 4.46. The fraction of sp³-hybridized carbons (Fsp3) is 0.500. The van der Waals surface area contributed by atoms with E-state index in [0.717, 1.165) is 34.1 Å². The number of hydrogen-bond acceptors (Lipinski definition) is 5.